The summed E-state index contributed by atoms with van der Waals surface area (Å²) >= 11 is 0. The number of nitrogens with zero attached hydrogens (tertiary/aromatic N) is 5. The standard InChI is InChI=1S/C34H37N7O/c1-7-30(42)37-28-18-25(9-8-21(28)2)32-31-23(4)27(29-14-15-36-40(29)6)19-35-34(31)38-33(32)24-10-12-26(13-11-24)41-17-16-39(5)22(3)20-41/h7-15,18-19,22H,1,16-17,20H2,2-6H3,(H,35,38)(H,37,42)/t22-/m0/s1. The fourth-order valence-corrected chi connectivity index (χ4v) is 5.93. The van der Waals surface area contributed by atoms with Crippen molar-refractivity contribution in [2.75, 3.05) is 36.9 Å². The molecule has 1 aliphatic rings. The molecular formula is C34H37N7O. The summed E-state index contributed by atoms with van der Waals surface area (Å²) < 4.78 is 1.87. The van der Waals surface area contributed by atoms with Crippen LogP contribution in [0.15, 0.2) is 73.6 Å². The van der Waals surface area contributed by atoms with Gasteiger partial charge in [-0.3, -0.25) is 9.48 Å². The Morgan fingerprint density at radius 1 is 1.07 bits per heavy atom. The summed E-state index contributed by atoms with van der Waals surface area (Å²) in [6.07, 6.45) is 5.01. The number of amides is 1. The van der Waals surface area contributed by atoms with Crippen LogP contribution >= 0.6 is 0 Å². The average Bonchev–Trinajstić information content (AvgIpc) is 3.60. The number of likely N-dealkylation sites (N-methyl/N-ethyl adjacent to an activating group) is 1. The van der Waals surface area contributed by atoms with Crippen LogP contribution in [0.25, 0.3) is 44.7 Å². The molecular weight excluding hydrogens is 522 g/mol. The third kappa shape index (κ3) is 4.88. The average molecular weight is 560 g/mol. The lowest BCUT2D eigenvalue weighted by molar-refractivity contribution is -0.111. The molecule has 1 atom stereocenters. The number of aromatic nitrogens is 4. The van der Waals surface area contributed by atoms with Crippen LogP contribution in [0.2, 0.25) is 0 Å². The van der Waals surface area contributed by atoms with Gasteiger partial charge < -0.3 is 20.1 Å². The van der Waals surface area contributed by atoms with Gasteiger partial charge in [0.05, 0.1) is 11.4 Å². The van der Waals surface area contributed by atoms with E-state index in [0.29, 0.717) is 6.04 Å². The fraction of sp³-hybridized carbons (Fsp3) is 0.265. The first-order valence-electron chi connectivity index (χ1n) is 14.3. The molecule has 2 aromatic carbocycles. The number of carbonyl (C=O) groups is 1. The molecule has 0 aliphatic carbocycles. The number of aromatic amines is 1. The molecule has 0 bridgehead atoms. The fourth-order valence-electron chi connectivity index (χ4n) is 5.93. The topological polar surface area (TPSA) is 82.1 Å². The Balaban J connectivity index is 1.52. The van der Waals surface area contributed by atoms with Gasteiger partial charge in [0.15, 0.2) is 0 Å². The first kappa shape index (κ1) is 27.5. The molecule has 0 radical (unpaired) electrons. The van der Waals surface area contributed by atoms with E-state index in [9.17, 15) is 4.79 Å². The number of nitrogens with one attached hydrogen (secondary N) is 2. The molecule has 8 nitrogen and oxygen atoms in total. The third-order valence-corrected chi connectivity index (χ3v) is 8.63. The number of piperazine rings is 1. The molecule has 4 heterocycles. The predicted octanol–water partition coefficient (Wildman–Crippen LogP) is 6.18. The molecule has 2 N–H and O–H groups in total. The lowest BCUT2D eigenvalue weighted by Crippen LogP contribution is -2.50. The summed E-state index contributed by atoms with van der Waals surface area (Å²) in [5.41, 5.74) is 11.0. The highest BCUT2D eigenvalue weighted by atomic mass is 16.1. The lowest BCUT2D eigenvalue weighted by Gasteiger charge is -2.39. The largest absolute Gasteiger partial charge is 0.369 e. The molecule has 5 aromatic rings. The van der Waals surface area contributed by atoms with E-state index in [1.165, 1.54) is 11.8 Å². The number of H-pyrrole nitrogens is 1. The first-order chi connectivity index (χ1) is 20.2. The quantitative estimate of drug-likeness (QED) is 0.243. The molecule has 3 aromatic heterocycles. The number of rotatable bonds is 6. The van der Waals surface area contributed by atoms with Crippen LogP contribution in [0, 0.1) is 13.8 Å². The van der Waals surface area contributed by atoms with Gasteiger partial charge in [-0.15, -0.1) is 0 Å². The van der Waals surface area contributed by atoms with E-state index in [1.54, 1.807) is 6.20 Å². The summed E-state index contributed by atoms with van der Waals surface area (Å²) in [5.74, 6) is -0.237. The minimum atomic E-state index is -0.237. The number of carbonyl (C=O) groups excluding carboxylic acids is 1. The van der Waals surface area contributed by atoms with E-state index in [2.05, 4.69) is 83.0 Å². The molecule has 214 valence electrons. The minimum Gasteiger partial charge on any atom is -0.369 e. The van der Waals surface area contributed by atoms with Crippen LogP contribution in [0.3, 0.4) is 0 Å². The number of benzene rings is 2. The van der Waals surface area contributed by atoms with Crippen molar-refractivity contribution < 1.29 is 4.79 Å². The Morgan fingerprint density at radius 3 is 2.52 bits per heavy atom. The van der Waals surface area contributed by atoms with Crippen molar-refractivity contribution in [3.63, 3.8) is 0 Å². The van der Waals surface area contributed by atoms with E-state index >= 15 is 0 Å². The van der Waals surface area contributed by atoms with Gasteiger partial charge in [-0.1, -0.05) is 30.8 Å². The molecule has 0 saturated carbocycles. The van der Waals surface area contributed by atoms with Crippen LogP contribution in [-0.4, -0.2) is 63.3 Å². The van der Waals surface area contributed by atoms with Crippen molar-refractivity contribution in [3.8, 4) is 33.6 Å². The van der Waals surface area contributed by atoms with Crippen molar-refractivity contribution in [2.45, 2.75) is 26.8 Å². The molecule has 1 aliphatic heterocycles. The zero-order valence-corrected chi connectivity index (χ0v) is 24.9. The van der Waals surface area contributed by atoms with Gasteiger partial charge in [-0.2, -0.15) is 5.10 Å². The number of fused-ring (bicyclic) bond motifs is 1. The lowest BCUT2D eigenvalue weighted by atomic mass is 9.94. The number of aryl methyl sites for hydroxylation is 3. The molecule has 8 heteroatoms. The van der Waals surface area contributed by atoms with Crippen LogP contribution in [0.5, 0.6) is 0 Å². The second-order valence-corrected chi connectivity index (χ2v) is 11.3. The van der Waals surface area contributed by atoms with Gasteiger partial charge in [0, 0.05) is 73.0 Å². The van der Waals surface area contributed by atoms with Crippen molar-refractivity contribution in [1.82, 2.24) is 24.6 Å². The highest BCUT2D eigenvalue weighted by Gasteiger charge is 2.23. The minimum absolute atomic E-state index is 0.237. The maximum atomic E-state index is 12.2. The maximum absolute atomic E-state index is 12.2. The summed E-state index contributed by atoms with van der Waals surface area (Å²) in [6, 6.07) is 17.5. The van der Waals surface area contributed by atoms with Crippen molar-refractivity contribution >= 4 is 28.3 Å². The third-order valence-electron chi connectivity index (χ3n) is 8.63. The molecule has 42 heavy (non-hydrogen) atoms. The number of pyridine rings is 1. The van der Waals surface area contributed by atoms with Crippen LogP contribution in [0.1, 0.15) is 18.1 Å². The summed E-state index contributed by atoms with van der Waals surface area (Å²) in [6.45, 7) is 13.1. The number of anilines is 2. The second-order valence-electron chi connectivity index (χ2n) is 11.3. The van der Waals surface area contributed by atoms with E-state index < -0.39 is 0 Å². The van der Waals surface area contributed by atoms with Gasteiger partial charge in [0.1, 0.15) is 5.65 Å². The van der Waals surface area contributed by atoms with Crippen molar-refractivity contribution in [2.24, 2.45) is 7.05 Å². The molecule has 1 fully saturated rings. The van der Waals surface area contributed by atoms with Gasteiger partial charge in [-0.25, -0.2) is 4.98 Å². The van der Waals surface area contributed by atoms with Crippen LogP contribution in [-0.2, 0) is 11.8 Å². The zero-order valence-electron chi connectivity index (χ0n) is 24.9. The Kier molecular flexibility index (Phi) is 7.16. The monoisotopic (exact) mass is 559 g/mol. The smallest absolute Gasteiger partial charge is 0.247 e. The molecule has 0 unspecified atom stereocenters. The van der Waals surface area contributed by atoms with Gasteiger partial charge in [0.2, 0.25) is 5.91 Å². The first-order valence-corrected chi connectivity index (χ1v) is 14.3. The van der Waals surface area contributed by atoms with E-state index in [1.807, 2.05) is 43.0 Å². The Labute approximate surface area is 246 Å². The van der Waals surface area contributed by atoms with Gasteiger partial charge >= 0.3 is 0 Å². The molecule has 1 amide bonds. The Hall–Kier alpha value is -4.69. The van der Waals surface area contributed by atoms with E-state index in [4.69, 9.17) is 4.98 Å². The molecule has 1 saturated heterocycles. The van der Waals surface area contributed by atoms with E-state index in [-0.39, 0.29) is 5.91 Å². The number of hydrogen-bond acceptors (Lipinski definition) is 5. The summed E-state index contributed by atoms with van der Waals surface area (Å²) in [4.78, 5) is 25.6. The SMILES string of the molecule is C=CC(=O)Nc1cc(-c2c(-c3ccc(N4CCN(C)[C@@H](C)C4)cc3)[nH]c3ncc(-c4ccnn4C)c(C)c23)ccc1C. The van der Waals surface area contributed by atoms with Crippen LogP contribution < -0.4 is 10.2 Å². The van der Waals surface area contributed by atoms with Crippen LogP contribution in [0.4, 0.5) is 11.4 Å². The summed E-state index contributed by atoms with van der Waals surface area (Å²) in [5, 5.41) is 8.41. The Bertz CT molecular complexity index is 1800. The molecule has 6 rings (SSSR count). The Morgan fingerprint density at radius 2 is 1.83 bits per heavy atom. The normalized spacial score (nSPS) is 15.7. The zero-order chi connectivity index (χ0) is 29.5. The molecule has 0 spiro atoms. The van der Waals surface area contributed by atoms with Gasteiger partial charge in [0.25, 0.3) is 0 Å². The van der Waals surface area contributed by atoms with E-state index in [0.717, 1.165) is 81.1 Å². The van der Waals surface area contributed by atoms with Crippen molar-refractivity contribution in [3.05, 3.63) is 84.7 Å². The van der Waals surface area contributed by atoms with Gasteiger partial charge in [-0.05, 0) is 80.4 Å². The highest BCUT2D eigenvalue weighted by Crippen LogP contribution is 2.42. The van der Waals surface area contributed by atoms with Crippen molar-refractivity contribution in [1.29, 1.82) is 0 Å². The predicted molar refractivity (Wildman–Crippen MR) is 172 cm³/mol. The number of hydrogen-bond donors (Lipinski definition) is 2. The second kappa shape index (κ2) is 10.9. The maximum Gasteiger partial charge on any atom is 0.247 e. The highest BCUT2D eigenvalue weighted by molar-refractivity contribution is 6.07. The summed E-state index contributed by atoms with van der Waals surface area (Å²) in [7, 11) is 4.14.